The fraction of sp³-hybridized carbons (Fsp3) is 0.250. The maximum absolute atomic E-state index is 12.4. The van der Waals surface area contributed by atoms with E-state index < -0.39 is 0 Å². The fourth-order valence-electron chi connectivity index (χ4n) is 2.59. The number of nitrogens with zero attached hydrogens (tertiary/aromatic N) is 1. The Kier molecular flexibility index (Phi) is 7.89. The number of thioether (sulfide) groups is 2. The first kappa shape index (κ1) is 22.0. The van der Waals surface area contributed by atoms with Crippen molar-refractivity contribution < 1.29 is 14.3 Å². The lowest BCUT2D eigenvalue weighted by molar-refractivity contribution is -0.142. The molecule has 0 bridgehead atoms. The molecule has 152 valence electrons. The summed E-state index contributed by atoms with van der Waals surface area (Å²) in [4.78, 5) is 30.1. The number of ether oxygens (including phenoxy) is 1. The highest BCUT2D eigenvalue weighted by Gasteiger charge is 2.27. The number of halogens is 2. The van der Waals surface area contributed by atoms with Crippen molar-refractivity contribution >= 4 is 75.0 Å². The monoisotopic (exact) mass is 468 g/mol. The number of hydrogen-bond acceptors (Lipinski definition) is 6. The molecule has 29 heavy (non-hydrogen) atoms. The SMILES string of the molecule is CCOC(=O)C[C@H]1Sc2ccccc2N=C1SCC(=O)Nc1ccc(Cl)cc1Cl. The van der Waals surface area contributed by atoms with Crippen molar-refractivity contribution in [1.82, 2.24) is 0 Å². The number of carbonyl (C=O) groups is 2. The molecule has 1 aliphatic heterocycles. The summed E-state index contributed by atoms with van der Waals surface area (Å²) in [6.45, 7) is 2.11. The van der Waals surface area contributed by atoms with E-state index in [9.17, 15) is 9.59 Å². The van der Waals surface area contributed by atoms with Gasteiger partial charge in [-0.2, -0.15) is 0 Å². The molecule has 0 spiro atoms. The molecular weight excluding hydrogens is 451 g/mol. The van der Waals surface area contributed by atoms with Crippen LogP contribution in [0.2, 0.25) is 10.0 Å². The summed E-state index contributed by atoms with van der Waals surface area (Å²) in [5, 5.41) is 4.16. The molecule has 0 fully saturated rings. The highest BCUT2D eigenvalue weighted by Crippen LogP contribution is 2.41. The number of anilines is 1. The third kappa shape index (κ3) is 6.15. The molecule has 1 N–H and O–H groups in total. The van der Waals surface area contributed by atoms with Crippen molar-refractivity contribution in [3.63, 3.8) is 0 Å². The molecule has 1 amide bonds. The lowest BCUT2D eigenvalue weighted by Gasteiger charge is -2.23. The van der Waals surface area contributed by atoms with Gasteiger partial charge in [-0.25, -0.2) is 4.99 Å². The molecule has 0 saturated carbocycles. The van der Waals surface area contributed by atoms with Crippen LogP contribution in [-0.4, -0.2) is 34.5 Å². The Hall–Kier alpha value is -1.67. The van der Waals surface area contributed by atoms with Crippen molar-refractivity contribution in [3.8, 4) is 0 Å². The second-order valence-corrected chi connectivity index (χ2v) is 9.08. The lowest BCUT2D eigenvalue weighted by atomic mass is 10.3. The van der Waals surface area contributed by atoms with Gasteiger partial charge in [-0.3, -0.25) is 9.59 Å². The van der Waals surface area contributed by atoms with Gasteiger partial charge in [0.2, 0.25) is 5.91 Å². The van der Waals surface area contributed by atoms with Crippen molar-refractivity contribution in [2.75, 3.05) is 17.7 Å². The van der Waals surface area contributed by atoms with Gasteiger partial charge in [-0.15, -0.1) is 11.8 Å². The first-order valence-corrected chi connectivity index (χ1v) is 11.5. The van der Waals surface area contributed by atoms with Gasteiger partial charge in [0.15, 0.2) is 0 Å². The van der Waals surface area contributed by atoms with Gasteiger partial charge in [0.1, 0.15) is 0 Å². The van der Waals surface area contributed by atoms with Crippen LogP contribution in [-0.2, 0) is 14.3 Å². The van der Waals surface area contributed by atoms with Crippen LogP contribution >= 0.6 is 46.7 Å². The zero-order chi connectivity index (χ0) is 20.8. The summed E-state index contributed by atoms with van der Waals surface area (Å²) < 4.78 is 5.09. The summed E-state index contributed by atoms with van der Waals surface area (Å²) in [5.41, 5.74) is 1.33. The topological polar surface area (TPSA) is 67.8 Å². The molecule has 3 rings (SSSR count). The second kappa shape index (κ2) is 10.4. The fourth-order valence-corrected chi connectivity index (χ4v) is 5.24. The number of hydrogen-bond donors (Lipinski definition) is 1. The molecule has 0 unspecified atom stereocenters. The number of rotatable bonds is 6. The summed E-state index contributed by atoms with van der Waals surface area (Å²) >= 11 is 14.8. The van der Waals surface area contributed by atoms with E-state index in [2.05, 4.69) is 10.3 Å². The summed E-state index contributed by atoms with van der Waals surface area (Å²) in [5.74, 6) is -0.365. The van der Waals surface area contributed by atoms with Gasteiger partial charge < -0.3 is 10.1 Å². The molecule has 1 heterocycles. The minimum absolute atomic E-state index is 0.139. The van der Waals surface area contributed by atoms with Crippen LogP contribution in [0.5, 0.6) is 0 Å². The Morgan fingerprint density at radius 2 is 2.03 bits per heavy atom. The normalized spacial score (nSPS) is 15.3. The molecule has 0 saturated heterocycles. The number of esters is 1. The predicted molar refractivity (Wildman–Crippen MR) is 122 cm³/mol. The van der Waals surface area contributed by atoms with E-state index in [1.165, 1.54) is 11.8 Å². The average molecular weight is 469 g/mol. The van der Waals surface area contributed by atoms with Crippen LogP contribution in [0.4, 0.5) is 11.4 Å². The van der Waals surface area contributed by atoms with Crippen LogP contribution in [0.1, 0.15) is 13.3 Å². The Morgan fingerprint density at radius 3 is 2.79 bits per heavy atom. The maximum atomic E-state index is 12.4. The highest BCUT2D eigenvalue weighted by molar-refractivity contribution is 8.17. The predicted octanol–water partition coefficient (Wildman–Crippen LogP) is 5.82. The molecule has 1 atom stereocenters. The van der Waals surface area contributed by atoms with Gasteiger partial charge in [0.05, 0.1) is 45.5 Å². The zero-order valence-electron chi connectivity index (χ0n) is 15.5. The number of fused-ring (bicyclic) bond motifs is 1. The van der Waals surface area contributed by atoms with E-state index >= 15 is 0 Å². The third-order valence-corrected chi connectivity index (χ3v) is 6.90. The number of carbonyl (C=O) groups excluding carboxylic acids is 2. The average Bonchev–Trinajstić information content (AvgIpc) is 2.68. The quantitative estimate of drug-likeness (QED) is 0.540. The minimum Gasteiger partial charge on any atom is -0.466 e. The summed E-state index contributed by atoms with van der Waals surface area (Å²) in [6.07, 6.45) is 0.198. The summed E-state index contributed by atoms with van der Waals surface area (Å²) in [7, 11) is 0. The molecule has 0 aromatic heterocycles. The zero-order valence-corrected chi connectivity index (χ0v) is 18.6. The Morgan fingerprint density at radius 1 is 1.24 bits per heavy atom. The molecular formula is C20H18Cl2N2O3S2. The van der Waals surface area contributed by atoms with Crippen molar-refractivity contribution in [2.45, 2.75) is 23.5 Å². The first-order chi connectivity index (χ1) is 14.0. The Bertz CT molecular complexity index is 953. The number of para-hydroxylation sites is 1. The first-order valence-electron chi connectivity index (χ1n) is 8.84. The van der Waals surface area contributed by atoms with Crippen LogP contribution in [0, 0.1) is 0 Å². The van der Waals surface area contributed by atoms with E-state index in [0.717, 1.165) is 15.6 Å². The van der Waals surface area contributed by atoms with Gasteiger partial charge >= 0.3 is 5.97 Å². The van der Waals surface area contributed by atoms with Crippen molar-refractivity contribution in [1.29, 1.82) is 0 Å². The van der Waals surface area contributed by atoms with Crippen LogP contribution < -0.4 is 5.32 Å². The number of amides is 1. The number of aliphatic imine (C=N–C) groups is 1. The van der Waals surface area contributed by atoms with Crippen LogP contribution in [0.3, 0.4) is 0 Å². The second-order valence-electron chi connectivity index (χ2n) is 5.99. The lowest BCUT2D eigenvalue weighted by Crippen LogP contribution is -2.24. The molecule has 5 nitrogen and oxygen atoms in total. The van der Waals surface area contributed by atoms with E-state index in [1.54, 1.807) is 36.9 Å². The summed E-state index contributed by atoms with van der Waals surface area (Å²) in [6, 6.07) is 12.6. The van der Waals surface area contributed by atoms with E-state index in [4.69, 9.17) is 27.9 Å². The molecule has 2 aromatic carbocycles. The van der Waals surface area contributed by atoms with Crippen LogP contribution in [0.25, 0.3) is 0 Å². The van der Waals surface area contributed by atoms with Crippen LogP contribution in [0.15, 0.2) is 52.4 Å². The third-order valence-electron chi connectivity index (χ3n) is 3.85. The van der Waals surface area contributed by atoms with Gasteiger partial charge in [0.25, 0.3) is 0 Å². The minimum atomic E-state index is -0.282. The molecule has 0 radical (unpaired) electrons. The largest absolute Gasteiger partial charge is 0.466 e. The van der Waals surface area contributed by atoms with Crippen molar-refractivity contribution in [3.05, 3.63) is 52.5 Å². The smallest absolute Gasteiger partial charge is 0.307 e. The van der Waals surface area contributed by atoms with Crippen molar-refractivity contribution in [2.24, 2.45) is 4.99 Å². The highest BCUT2D eigenvalue weighted by atomic mass is 35.5. The van der Waals surface area contributed by atoms with E-state index in [-0.39, 0.29) is 29.3 Å². The van der Waals surface area contributed by atoms with Gasteiger partial charge in [-0.05, 0) is 37.3 Å². The maximum Gasteiger partial charge on any atom is 0.307 e. The molecule has 9 heteroatoms. The molecule has 0 aliphatic carbocycles. The Labute approximate surface area is 187 Å². The van der Waals surface area contributed by atoms with Gasteiger partial charge in [0, 0.05) is 9.92 Å². The number of nitrogens with one attached hydrogen (secondary N) is 1. The van der Waals surface area contributed by atoms with E-state index in [1.807, 2.05) is 24.3 Å². The Balaban J connectivity index is 1.69. The number of benzene rings is 2. The molecule has 2 aromatic rings. The standard InChI is InChI=1S/C20H18Cl2N2O3S2/c1-2-27-19(26)10-17-20(24-15-5-3-4-6-16(15)29-17)28-11-18(25)23-14-8-7-12(21)9-13(14)22/h3-9,17H,2,10-11H2,1H3,(H,23,25)/t17-/m1/s1. The van der Waals surface area contributed by atoms with Gasteiger partial charge in [-0.1, -0.05) is 47.1 Å². The molecule has 1 aliphatic rings. The van der Waals surface area contributed by atoms with E-state index in [0.29, 0.717) is 22.3 Å².